The Hall–Kier alpha value is -0.610. The van der Waals surface area contributed by atoms with E-state index >= 15 is 0 Å². The monoisotopic (exact) mass is 307 g/mol. The summed E-state index contributed by atoms with van der Waals surface area (Å²) in [4.78, 5) is 14.9. The molecule has 3 aliphatic rings. The normalized spacial score (nSPS) is 29.2. The molecule has 2 heterocycles. The summed E-state index contributed by atoms with van der Waals surface area (Å²) in [5.74, 6) is 2.44. The van der Waals surface area contributed by atoms with E-state index in [0.29, 0.717) is 24.3 Å². The number of nitrogens with zero attached hydrogens (tertiary/aromatic N) is 1. The number of hydrogen-bond donors (Lipinski definition) is 2. The van der Waals surface area contributed by atoms with Crippen LogP contribution in [0.3, 0.4) is 0 Å². The molecule has 2 aliphatic heterocycles. The van der Waals surface area contributed by atoms with Gasteiger partial charge in [-0.2, -0.15) is 0 Å². The number of carbonyl (C=O) groups is 1. The van der Waals surface area contributed by atoms with Gasteiger partial charge < -0.3 is 15.5 Å². The van der Waals surface area contributed by atoms with Crippen LogP contribution in [0.4, 0.5) is 0 Å². The Morgan fingerprint density at radius 3 is 2.64 bits per heavy atom. The quantitative estimate of drug-likeness (QED) is 0.789. The Bertz CT molecular complexity index is 355. The molecule has 0 spiro atoms. The van der Waals surface area contributed by atoms with E-state index in [1.54, 1.807) is 0 Å². The largest absolute Gasteiger partial charge is 0.353 e. The van der Waals surface area contributed by atoms with Gasteiger partial charge in [0.15, 0.2) is 0 Å². The van der Waals surface area contributed by atoms with Crippen LogP contribution in [-0.2, 0) is 4.79 Å². The predicted molar refractivity (Wildman–Crippen MR) is 89.7 cm³/mol. The standard InChI is InChI=1S/C18H33N3O/c1-14(16-3-2-8-19-12-16)11-18(22)20-17-6-9-21(10-7-17)13-15-4-5-15/h14-17,19H,2-13H2,1H3,(H,20,22). The summed E-state index contributed by atoms with van der Waals surface area (Å²) in [6.45, 7) is 8.12. The molecule has 2 N–H and O–H groups in total. The van der Waals surface area contributed by atoms with Gasteiger partial charge in [0.05, 0.1) is 0 Å². The van der Waals surface area contributed by atoms with Crippen molar-refractivity contribution in [3.8, 4) is 0 Å². The number of carbonyl (C=O) groups excluding carboxylic acids is 1. The van der Waals surface area contributed by atoms with Crippen molar-refractivity contribution in [2.24, 2.45) is 17.8 Å². The summed E-state index contributed by atoms with van der Waals surface area (Å²) < 4.78 is 0. The average molecular weight is 307 g/mol. The van der Waals surface area contributed by atoms with Gasteiger partial charge in [-0.1, -0.05) is 6.92 Å². The summed E-state index contributed by atoms with van der Waals surface area (Å²) >= 11 is 0. The van der Waals surface area contributed by atoms with Gasteiger partial charge in [-0.3, -0.25) is 4.79 Å². The summed E-state index contributed by atoms with van der Waals surface area (Å²) in [5, 5.41) is 6.75. The Balaban J connectivity index is 1.33. The molecule has 2 atom stereocenters. The van der Waals surface area contributed by atoms with Crippen LogP contribution in [0.1, 0.15) is 51.9 Å². The SMILES string of the molecule is CC(CC(=O)NC1CCN(CC2CC2)CC1)C1CCCNC1. The molecule has 1 saturated carbocycles. The van der Waals surface area contributed by atoms with Crippen LogP contribution in [0.25, 0.3) is 0 Å². The van der Waals surface area contributed by atoms with E-state index in [4.69, 9.17) is 0 Å². The second kappa shape index (κ2) is 7.78. The predicted octanol–water partition coefficient (Wildman–Crippen LogP) is 2.00. The summed E-state index contributed by atoms with van der Waals surface area (Å²) in [5.41, 5.74) is 0. The second-order valence-corrected chi connectivity index (χ2v) is 7.87. The third-order valence-corrected chi connectivity index (χ3v) is 5.81. The molecular weight excluding hydrogens is 274 g/mol. The number of nitrogens with one attached hydrogen (secondary N) is 2. The molecule has 2 unspecified atom stereocenters. The molecule has 0 aromatic heterocycles. The first-order valence-electron chi connectivity index (χ1n) is 9.43. The number of amides is 1. The number of rotatable bonds is 6. The maximum absolute atomic E-state index is 12.3. The smallest absolute Gasteiger partial charge is 0.220 e. The van der Waals surface area contributed by atoms with Gasteiger partial charge in [0.25, 0.3) is 0 Å². The fourth-order valence-corrected chi connectivity index (χ4v) is 4.04. The molecule has 4 heteroatoms. The number of piperidine rings is 2. The van der Waals surface area contributed by atoms with Gasteiger partial charge in [0, 0.05) is 32.1 Å². The molecule has 1 amide bonds. The van der Waals surface area contributed by atoms with Gasteiger partial charge in [0.1, 0.15) is 0 Å². The van der Waals surface area contributed by atoms with E-state index in [9.17, 15) is 4.79 Å². The van der Waals surface area contributed by atoms with Crippen LogP contribution >= 0.6 is 0 Å². The third-order valence-electron chi connectivity index (χ3n) is 5.81. The number of likely N-dealkylation sites (tertiary alicyclic amines) is 1. The first-order valence-corrected chi connectivity index (χ1v) is 9.43. The summed E-state index contributed by atoms with van der Waals surface area (Å²) in [7, 11) is 0. The zero-order valence-electron chi connectivity index (χ0n) is 14.2. The molecule has 4 nitrogen and oxygen atoms in total. The molecule has 22 heavy (non-hydrogen) atoms. The van der Waals surface area contributed by atoms with Crippen LogP contribution in [0.15, 0.2) is 0 Å². The zero-order chi connectivity index (χ0) is 15.4. The minimum atomic E-state index is 0.277. The molecule has 1 aliphatic carbocycles. The van der Waals surface area contributed by atoms with Crippen molar-refractivity contribution in [2.75, 3.05) is 32.7 Å². The maximum Gasteiger partial charge on any atom is 0.220 e. The van der Waals surface area contributed by atoms with Crippen LogP contribution in [0.5, 0.6) is 0 Å². The Morgan fingerprint density at radius 2 is 2.00 bits per heavy atom. The van der Waals surface area contributed by atoms with Gasteiger partial charge >= 0.3 is 0 Å². The fourth-order valence-electron chi connectivity index (χ4n) is 4.04. The van der Waals surface area contributed by atoms with E-state index in [1.165, 1.54) is 45.3 Å². The summed E-state index contributed by atoms with van der Waals surface area (Å²) in [6, 6.07) is 0.416. The van der Waals surface area contributed by atoms with Crippen molar-refractivity contribution in [3.63, 3.8) is 0 Å². The van der Waals surface area contributed by atoms with Crippen LogP contribution in [0, 0.1) is 17.8 Å². The first-order chi connectivity index (χ1) is 10.7. The zero-order valence-corrected chi connectivity index (χ0v) is 14.2. The minimum absolute atomic E-state index is 0.277. The molecule has 2 saturated heterocycles. The van der Waals surface area contributed by atoms with Crippen LogP contribution < -0.4 is 10.6 Å². The van der Waals surface area contributed by atoms with Crippen LogP contribution in [0.2, 0.25) is 0 Å². The summed E-state index contributed by atoms with van der Waals surface area (Å²) in [6.07, 6.45) is 8.39. The highest BCUT2D eigenvalue weighted by Gasteiger charge is 2.28. The van der Waals surface area contributed by atoms with Gasteiger partial charge in [-0.15, -0.1) is 0 Å². The lowest BCUT2D eigenvalue weighted by molar-refractivity contribution is -0.123. The highest BCUT2D eigenvalue weighted by atomic mass is 16.1. The lowest BCUT2D eigenvalue weighted by Crippen LogP contribution is -2.45. The lowest BCUT2D eigenvalue weighted by Gasteiger charge is -2.33. The Labute approximate surface area is 135 Å². The Kier molecular flexibility index (Phi) is 5.75. The average Bonchev–Trinajstić information content (AvgIpc) is 3.34. The van der Waals surface area contributed by atoms with Gasteiger partial charge in [0.2, 0.25) is 5.91 Å². The molecule has 0 bridgehead atoms. The van der Waals surface area contributed by atoms with E-state index in [0.717, 1.165) is 31.8 Å². The maximum atomic E-state index is 12.3. The topological polar surface area (TPSA) is 44.4 Å². The molecule has 3 fully saturated rings. The van der Waals surface area contributed by atoms with Crippen molar-refractivity contribution in [1.82, 2.24) is 15.5 Å². The molecule has 3 rings (SSSR count). The van der Waals surface area contributed by atoms with Gasteiger partial charge in [-0.05, 0) is 69.4 Å². The molecule has 0 aromatic carbocycles. The van der Waals surface area contributed by atoms with E-state index in [-0.39, 0.29) is 5.91 Å². The van der Waals surface area contributed by atoms with Crippen molar-refractivity contribution in [3.05, 3.63) is 0 Å². The first kappa shape index (κ1) is 16.3. The second-order valence-electron chi connectivity index (χ2n) is 7.87. The van der Waals surface area contributed by atoms with Crippen molar-refractivity contribution < 1.29 is 4.79 Å². The fraction of sp³-hybridized carbons (Fsp3) is 0.944. The van der Waals surface area contributed by atoms with Crippen LogP contribution in [-0.4, -0.2) is 49.6 Å². The van der Waals surface area contributed by atoms with E-state index in [1.807, 2.05) is 0 Å². The lowest BCUT2D eigenvalue weighted by atomic mass is 9.85. The third kappa shape index (κ3) is 4.95. The molecule has 0 aromatic rings. The van der Waals surface area contributed by atoms with E-state index < -0.39 is 0 Å². The van der Waals surface area contributed by atoms with Crippen molar-refractivity contribution in [1.29, 1.82) is 0 Å². The molecular formula is C18H33N3O. The highest BCUT2D eigenvalue weighted by molar-refractivity contribution is 5.76. The van der Waals surface area contributed by atoms with Gasteiger partial charge in [-0.25, -0.2) is 0 Å². The number of hydrogen-bond acceptors (Lipinski definition) is 3. The highest BCUT2D eigenvalue weighted by Crippen LogP contribution is 2.30. The van der Waals surface area contributed by atoms with E-state index in [2.05, 4.69) is 22.5 Å². The molecule has 0 radical (unpaired) electrons. The minimum Gasteiger partial charge on any atom is -0.353 e. The van der Waals surface area contributed by atoms with Crippen molar-refractivity contribution in [2.45, 2.75) is 57.9 Å². The molecule has 126 valence electrons. The Morgan fingerprint density at radius 1 is 1.23 bits per heavy atom. The van der Waals surface area contributed by atoms with Crippen molar-refractivity contribution >= 4 is 5.91 Å².